The van der Waals surface area contributed by atoms with Crippen LogP contribution in [0.2, 0.25) is 0 Å². The average molecular weight is 313 g/mol. The molecular weight excluding hydrogens is 288 g/mol. The van der Waals surface area contributed by atoms with E-state index in [4.69, 9.17) is 5.73 Å². The molecule has 6 heteroatoms. The molecule has 2 N–H and O–H groups in total. The minimum atomic E-state index is -0.334. The van der Waals surface area contributed by atoms with E-state index in [1.54, 1.807) is 6.20 Å². The van der Waals surface area contributed by atoms with Crippen molar-refractivity contribution in [1.82, 2.24) is 14.5 Å². The van der Waals surface area contributed by atoms with Crippen LogP contribution in [0.25, 0.3) is 0 Å². The molecule has 1 unspecified atom stereocenters. The van der Waals surface area contributed by atoms with Crippen LogP contribution in [-0.4, -0.2) is 32.9 Å². The molecule has 0 aromatic carbocycles. The first-order chi connectivity index (χ1) is 9.74. The van der Waals surface area contributed by atoms with Crippen molar-refractivity contribution in [2.45, 2.75) is 57.7 Å². The smallest absolute Gasteiger partial charge is 0.239 e. The molecule has 1 amide bonds. The van der Waals surface area contributed by atoms with Gasteiger partial charge in [0.25, 0.3) is 0 Å². The molecule has 2 aliphatic rings. The molecule has 1 aromatic heterocycles. The van der Waals surface area contributed by atoms with Crippen LogP contribution in [0.15, 0.2) is 12.4 Å². The fourth-order valence-corrected chi connectivity index (χ4v) is 3.48. The van der Waals surface area contributed by atoms with Crippen LogP contribution in [0, 0.1) is 5.92 Å². The highest BCUT2D eigenvalue weighted by atomic mass is 35.5. The van der Waals surface area contributed by atoms with Crippen LogP contribution >= 0.6 is 12.4 Å². The van der Waals surface area contributed by atoms with Crippen LogP contribution in [0.1, 0.15) is 44.3 Å². The van der Waals surface area contributed by atoms with Gasteiger partial charge in [-0.2, -0.15) is 0 Å². The molecule has 1 aliphatic heterocycles. The van der Waals surface area contributed by atoms with Gasteiger partial charge in [0.1, 0.15) is 5.82 Å². The lowest BCUT2D eigenvalue weighted by atomic mass is 9.85. The lowest BCUT2D eigenvalue weighted by Gasteiger charge is -2.31. The van der Waals surface area contributed by atoms with Gasteiger partial charge < -0.3 is 15.2 Å². The van der Waals surface area contributed by atoms with Gasteiger partial charge in [0.2, 0.25) is 5.91 Å². The van der Waals surface area contributed by atoms with E-state index < -0.39 is 0 Å². The molecular formula is C15H25ClN4O. The summed E-state index contributed by atoms with van der Waals surface area (Å²) >= 11 is 0. The number of halogens is 1. The molecule has 1 fully saturated rings. The minimum absolute atomic E-state index is 0. The molecule has 0 saturated heterocycles. The van der Waals surface area contributed by atoms with Gasteiger partial charge in [-0.3, -0.25) is 4.79 Å². The van der Waals surface area contributed by atoms with Crippen molar-refractivity contribution >= 4 is 18.3 Å². The maximum absolute atomic E-state index is 12.5. The van der Waals surface area contributed by atoms with Gasteiger partial charge in [-0.1, -0.05) is 32.1 Å². The number of hydrogen-bond donors (Lipinski definition) is 1. The zero-order valence-corrected chi connectivity index (χ0v) is 13.2. The normalized spacial score (nSPS) is 20.5. The summed E-state index contributed by atoms with van der Waals surface area (Å²) in [7, 11) is 0. The third kappa shape index (κ3) is 3.77. The predicted molar refractivity (Wildman–Crippen MR) is 84.1 cm³/mol. The summed E-state index contributed by atoms with van der Waals surface area (Å²) in [6, 6.07) is -0.334. The third-order valence-corrected chi connectivity index (χ3v) is 4.69. The quantitative estimate of drug-likeness (QED) is 0.927. The standard InChI is InChI=1S/C15H24N4O.ClH/c16-13(10-12-4-2-1-3-5-12)15(20)19-9-8-18-7-6-17-14(18)11-19;/h6-7,12-13H,1-5,8-11,16H2;1H. The van der Waals surface area contributed by atoms with E-state index in [1.807, 2.05) is 11.1 Å². The fourth-order valence-electron chi connectivity index (χ4n) is 3.48. The molecule has 1 aromatic rings. The van der Waals surface area contributed by atoms with Crippen LogP contribution in [0.5, 0.6) is 0 Å². The second-order valence-corrected chi connectivity index (χ2v) is 6.14. The Balaban J connectivity index is 0.00000161. The van der Waals surface area contributed by atoms with Crippen LogP contribution in [0.4, 0.5) is 0 Å². The predicted octanol–water partition coefficient (Wildman–Crippen LogP) is 1.94. The molecule has 1 saturated carbocycles. The number of amides is 1. The summed E-state index contributed by atoms with van der Waals surface area (Å²) in [6.07, 6.45) is 11.0. The van der Waals surface area contributed by atoms with E-state index in [1.165, 1.54) is 32.1 Å². The second kappa shape index (κ2) is 7.27. The number of fused-ring (bicyclic) bond motifs is 1. The number of rotatable bonds is 3. The molecule has 0 bridgehead atoms. The summed E-state index contributed by atoms with van der Waals surface area (Å²) in [5.41, 5.74) is 6.16. The Kier molecular flexibility index (Phi) is 5.65. The lowest BCUT2D eigenvalue weighted by Crippen LogP contribution is -2.47. The zero-order valence-electron chi connectivity index (χ0n) is 12.4. The van der Waals surface area contributed by atoms with Gasteiger partial charge in [0.15, 0.2) is 0 Å². The first-order valence-electron chi connectivity index (χ1n) is 7.78. The Morgan fingerprint density at radius 3 is 2.86 bits per heavy atom. The zero-order chi connectivity index (χ0) is 13.9. The number of carbonyl (C=O) groups excluding carboxylic acids is 1. The highest BCUT2D eigenvalue weighted by molar-refractivity contribution is 5.85. The van der Waals surface area contributed by atoms with Crippen LogP contribution < -0.4 is 5.73 Å². The number of carbonyl (C=O) groups is 1. The van der Waals surface area contributed by atoms with E-state index in [0.29, 0.717) is 12.5 Å². The summed E-state index contributed by atoms with van der Waals surface area (Å²) < 4.78 is 2.11. The Morgan fingerprint density at radius 2 is 2.10 bits per heavy atom. The van der Waals surface area contributed by atoms with E-state index in [0.717, 1.165) is 25.3 Å². The van der Waals surface area contributed by atoms with Crippen LogP contribution in [0.3, 0.4) is 0 Å². The number of nitrogens with two attached hydrogens (primary N) is 1. The first kappa shape index (κ1) is 16.3. The highest BCUT2D eigenvalue weighted by Gasteiger charge is 2.27. The molecule has 1 aliphatic carbocycles. The van der Waals surface area contributed by atoms with E-state index in [2.05, 4.69) is 9.55 Å². The van der Waals surface area contributed by atoms with Crippen molar-refractivity contribution in [2.75, 3.05) is 6.54 Å². The largest absolute Gasteiger partial charge is 0.332 e. The van der Waals surface area contributed by atoms with Crippen molar-refractivity contribution in [1.29, 1.82) is 0 Å². The Hall–Kier alpha value is -1.07. The monoisotopic (exact) mass is 312 g/mol. The summed E-state index contributed by atoms with van der Waals surface area (Å²) in [5.74, 6) is 1.72. The highest BCUT2D eigenvalue weighted by Crippen LogP contribution is 2.27. The molecule has 0 radical (unpaired) electrons. The van der Waals surface area contributed by atoms with Gasteiger partial charge >= 0.3 is 0 Å². The molecule has 5 nitrogen and oxygen atoms in total. The summed E-state index contributed by atoms with van der Waals surface area (Å²) in [6.45, 7) is 2.18. The topological polar surface area (TPSA) is 64.2 Å². The number of hydrogen-bond acceptors (Lipinski definition) is 3. The van der Waals surface area contributed by atoms with E-state index in [9.17, 15) is 4.79 Å². The van der Waals surface area contributed by atoms with Crippen molar-refractivity contribution in [3.05, 3.63) is 18.2 Å². The fraction of sp³-hybridized carbons (Fsp3) is 0.733. The maximum atomic E-state index is 12.5. The number of nitrogens with zero attached hydrogens (tertiary/aromatic N) is 3. The Labute approximate surface area is 132 Å². The van der Waals surface area contributed by atoms with E-state index >= 15 is 0 Å². The van der Waals surface area contributed by atoms with Crippen molar-refractivity contribution < 1.29 is 4.79 Å². The van der Waals surface area contributed by atoms with Gasteiger partial charge in [-0.15, -0.1) is 12.4 Å². The van der Waals surface area contributed by atoms with Gasteiger partial charge in [0, 0.05) is 25.5 Å². The average Bonchev–Trinajstić information content (AvgIpc) is 2.94. The summed E-state index contributed by atoms with van der Waals surface area (Å²) in [4.78, 5) is 18.6. The molecule has 118 valence electrons. The molecule has 2 heterocycles. The SMILES string of the molecule is Cl.NC(CC1CCCCC1)C(=O)N1CCn2ccnc2C1. The second-order valence-electron chi connectivity index (χ2n) is 6.14. The molecule has 21 heavy (non-hydrogen) atoms. The third-order valence-electron chi connectivity index (χ3n) is 4.69. The lowest BCUT2D eigenvalue weighted by molar-refractivity contribution is -0.134. The van der Waals surface area contributed by atoms with E-state index in [-0.39, 0.29) is 24.4 Å². The summed E-state index contributed by atoms with van der Waals surface area (Å²) in [5, 5.41) is 0. The Morgan fingerprint density at radius 1 is 1.33 bits per heavy atom. The van der Waals surface area contributed by atoms with Crippen LogP contribution in [-0.2, 0) is 17.9 Å². The molecule has 1 atom stereocenters. The maximum Gasteiger partial charge on any atom is 0.239 e. The van der Waals surface area contributed by atoms with Crippen molar-refractivity contribution in [2.24, 2.45) is 11.7 Å². The van der Waals surface area contributed by atoms with Crippen molar-refractivity contribution in [3.63, 3.8) is 0 Å². The van der Waals surface area contributed by atoms with Gasteiger partial charge in [-0.05, 0) is 12.3 Å². The Bertz CT molecular complexity index is 470. The molecule has 3 rings (SSSR count). The van der Waals surface area contributed by atoms with Gasteiger partial charge in [0.05, 0.1) is 12.6 Å². The number of aromatic nitrogens is 2. The van der Waals surface area contributed by atoms with Gasteiger partial charge in [-0.25, -0.2) is 4.98 Å². The van der Waals surface area contributed by atoms with Crippen molar-refractivity contribution in [3.8, 4) is 0 Å². The minimum Gasteiger partial charge on any atom is -0.332 e. The number of imidazole rings is 1. The molecule has 0 spiro atoms. The first-order valence-corrected chi connectivity index (χ1v) is 7.78.